The van der Waals surface area contributed by atoms with Gasteiger partial charge in [-0.1, -0.05) is 36.4 Å². The third-order valence-corrected chi connectivity index (χ3v) is 5.65. The molecule has 5 heteroatoms. The molecule has 0 saturated carbocycles. The third kappa shape index (κ3) is 4.09. The Bertz CT molecular complexity index is 984. The highest BCUT2D eigenvalue weighted by Crippen LogP contribution is 2.22. The highest BCUT2D eigenvalue weighted by molar-refractivity contribution is 5.83. The van der Waals surface area contributed by atoms with Crippen molar-refractivity contribution in [3.63, 3.8) is 0 Å². The average Bonchev–Trinajstić information content (AvgIpc) is 2.75. The van der Waals surface area contributed by atoms with Gasteiger partial charge in [-0.3, -0.25) is 9.36 Å². The van der Waals surface area contributed by atoms with E-state index in [0.717, 1.165) is 39.0 Å². The van der Waals surface area contributed by atoms with Crippen LogP contribution in [0.15, 0.2) is 59.7 Å². The molecule has 3 aromatic rings. The van der Waals surface area contributed by atoms with Crippen molar-refractivity contribution >= 4 is 10.9 Å². The zero-order valence-electron chi connectivity index (χ0n) is 16.4. The summed E-state index contributed by atoms with van der Waals surface area (Å²) in [4.78, 5) is 19.9. The largest absolute Gasteiger partial charge is 0.494 e. The van der Waals surface area contributed by atoms with Gasteiger partial charge in [0, 0.05) is 19.6 Å². The molecule has 1 aliphatic rings. The first-order valence-electron chi connectivity index (χ1n) is 10.0. The molecular weight excluding hydrogens is 350 g/mol. The van der Waals surface area contributed by atoms with E-state index in [1.165, 1.54) is 12.0 Å². The first kappa shape index (κ1) is 18.7. The Morgan fingerprint density at radius 1 is 1.14 bits per heavy atom. The number of hydrogen-bond acceptors (Lipinski definition) is 4. The van der Waals surface area contributed by atoms with Crippen molar-refractivity contribution in [1.82, 2.24) is 14.5 Å². The van der Waals surface area contributed by atoms with Gasteiger partial charge >= 0.3 is 0 Å². The lowest BCUT2D eigenvalue weighted by Crippen LogP contribution is -2.39. The van der Waals surface area contributed by atoms with E-state index in [4.69, 9.17) is 4.74 Å². The Balaban J connectivity index is 1.44. The SMILES string of the molecule is COc1cccc2c(=O)n(C[C@H]3CCCN(CCc4ccccc4)C3)cnc12. The molecule has 5 nitrogen and oxygen atoms in total. The van der Waals surface area contributed by atoms with E-state index < -0.39 is 0 Å². The number of methoxy groups -OCH3 is 1. The summed E-state index contributed by atoms with van der Waals surface area (Å²) in [5, 5.41) is 0.624. The van der Waals surface area contributed by atoms with Crippen molar-refractivity contribution in [2.24, 2.45) is 5.92 Å². The molecule has 0 amide bonds. The van der Waals surface area contributed by atoms with Gasteiger partial charge in [-0.05, 0) is 49.4 Å². The van der Waals surface area contributed by atoms with Gasteiger partial charge in [-0.2, -0.15) is 0 Å². The van der Waals surface area contributed by atoms with E-state index in [1.54, 1.807) is 18.0 Å². The van der Waals surface area contributed by atoms with Crippen molar-refractivity contribution in [2.75, 3.05) is 26.7 Å². The summed E-state index contributed by atoms with van der Waals surface area (Å²) in [5.41, 5.74) is 2.04. The van der Waals surface area contributed by atoms with E-state index in [9.17, 15) is 4.79 Å². The van der Waals surface area contributed by atoms with Crippen molar-refractivity contribution in [3.8, 4) is 5.75 Å². The average molecular weight is 377 g/mol. The highest BCUT2D eigenvalue weighted by Gasteiger charge is 2.21. The summed E-state index contributed by atoms with van der Waals surface area (Å²) in [6, 6.07) is 16.2. The molecular formula is C23H27N3O2. The smallest absolute Gasteiger partial charge is 0.261 e. The van der Waals surface area contributed by atoms with Crippen LogP contribution in [0.25, 0.3) is 10.9 Å². The van der Waals surface area contributed by atoms with Gasteiger partial charge in [0.2, 0.25) is 0 Å². The van der Waals surface area contributed by atoms with Crippen LogP contribution in [0.3, 0.4) is 0 Å². The molecule has 0 unspecified atom stereocenters. The van der Waals surface area contributed by atoms with Crippen LogP contribution in [0.5, 0.6) is 5.75 Å². The van der Waals surface area contributed by atoms with Crippen LogP contribution in [-0.4, -0.2) is 41.2 Å². The Morgan fingerprint density at radius 2 is 2.00 bits per heavy atom. The molecule has 1 atom stereocenters. The molecule has 0 N–H and O–H groups in total. The second-order valence-electron chi connectivity index (χ2n) is 7.60. The Hall–Kier alpha value is -2.66. The summed E-state index contributed by atoms with van der Waals surface area (Å²) in [6.45, 7) is 3.98. The molecule has 1 aliphatic heterocycles. The fourth-order valence-corrected chi connectivity index (χ4v) is 4.17. The van der Waals surface area contributed by atoms with Crippen LogP contribution in [0.2, 0.25) is 0 Å². The van der Waals surface area contributed by atoms with Gasteiger partial charge in [0.15, 0.2) is 0 Å². The molecule has 0 aliphatic carbocycles. The van der Waals surface area contributed by atoms with Crippen molar-refractivity contribution in [3.05, 3.63) is 70.8 Å². The van der Waals surface area contributed by atoms with E-state index in [0.29, 0.717) is 22.6 Å². The van der Waals surface area contributed by atoms with Crippen molar-refractivity contribution in [1.29, 1.82) is 0 Å². The minimum absolute atomic E-state index is 0.0188. The summed E-state index contributed by atoms with van der Waals surface area (Å²) < 4.78 is 7.10. The molecule has 28 heavy (non-hydrogen) atoms. The lowest BCUT2D eigenvalue weighted by Gasteiger charge is -2.33. The Labute approximate surface area is 165 Å². The fourth-order valence-electron chi connectivity index (χ4n) is 4.17. The molecule has 146 valence electrons. The normalized spacial score (nSPS) is 17.7. The minimum atomic E-state index is 0.0188. The van der Waals surface area contributed by atoms with Crippen LogP contribution < -0.4 is 10.3 Å². The molecule has 0 spiro atoms. The number of likely N-dealkylation sites (tertiary alicyclic amines) is 1. The van der Waals surface area contributed by atoms with Gasteiger partial charge < -0.3 is 9.64 Å². The first-order chi connectivity index (χ1) is 13.7. The molecule has 4 rings (SSSR count). The number of piperidine rings is 1. The number of rotatable bonds is 6. The maximum absolute atomic E-state index is 12.9. The molecule has 1 fully saturated rings. The zero-order chi connectivity index (χ0) is 19.3. The second-order valence-corrected chi connectivity index (χ2v) is 7.60. The number of nitrogens with zero attached hydrogens (tertiary/aromatic N) is 3. The van der Waals surface area contributed by atoms with E-state index in [2.05, 4.69) is 40.2 Å². The lowest BCUT2D eigenvalue weighted by molar-refractivity contribution is 0.163. The second kappa shape index (κ2) is 8.57. The molecule has 0 radical (unpaired) electrons. The minimum Gasteiger partial charge on any atom is -0.494 e. The summed E-state index contributed by atoms with van der Waals surface area (Å²) in [5.74, 6) is 1.12. The molecule has 1 aromatic heterocycles. The van der Waals surface area contributed by atoms with Crippen molar-refractivity contribution < 1.29 is 4.74 Å². The topological polar surface area (TPSA) is 47.4 Å². The van der Waals surface area contributed by atoms with Gasteiger partial charge in [-0.15, -0.1) is 0 Å². The van der Waals surface area contributed by atoms with Gasteiger partial charge in [0.05, 0.1) is 18.8 Å². The lowest BCUT2D eigenvalue weighted by atomic mass is 9.97. The summed E-state index contributed by atoms with van der Waals surface area (Å²) >= 11 is 0. The predicted octanol–water partition coefficient (Wildman–Crippen LogP) is 3.36. The maximum atomic E-state index is 12.9. The number of fused-ring (bicyclic) bond motifs is 1. The predicted molar refractivity (Wildman–Crippen MR) is 112 cm³/mol. The van der Waals surface area contributed by atoms with Gasteiger partial charge in [0.1, 0.15) is 11.3 Å². The van der Waals surface area contributed by atoms with Crippen LogP contribution in [0.1, 0.15) is 18.4 Å². The standard InChI is InChI=1S/C23H27N3O2/c1-28-21-11-5-10-20-22(21)24-17-26(23(20)27)16-19-9-6-13-25(15-19)14-12-18-7-3-2-4-8-18/h2-5,7-8,10-11,17,19H,6,9,12-16H2,1H3/t19-/m0/s1. The number of ether oxygens (including phenoxy) is 1. The number of aromatic nitrogens is 2. The maximum Gasteiger partial charge on any atom is 0.261 e. The quantitative estimate of drug-likeness (QED) is 0.661. The van der Waals surface area contributed by atoms with Crippen LogP contribution >= 0.6 is 0 Å². The number of para-hydroxylation sites is 1. The van der Waals surface area contributed by atoms with Crippen LogP contribution in [0, 0.1) is 5.92 Å². The number of hydrogen-bond donors (Lipinski definition) is 0. The Morgan fingerprint density at radius 3 is 2.82 bits per heavy atom. The van der Waals surface area contributed by atoms with Crippen molar-refractivity contribution in [2.45, 2.75) is 25.8 Å². The monoisotopic (exact) mass is 377 g/mol. The first-order valence-corrected chi connectivity index (χ1v) is 10.0. The molecule has 1 saturated heterocycles. The summed E-state index contributed by atoms with van der Waals surface area (Å²) in [7, 11) is 1.61. The molecule has 2 heterocycles. The summed E-state index contributed by atoms with van der Waals surface area (Å²) in [6.07, 6.45) is 5.09. The Kier molecular flexibility index (Phi) is 5.72. The van der Waals surface area contributed by atoms with E-state index in [-0.39, 0.29) is 5.56 Å². The fraction of sp³-hybridized carbons (Fsp3) is 0.391. The molecule has 2 aromatic carbocycles. The number of benzene rings is 2. The zero-order valence-corrected chi connectivity index (χ0v) is 16.4. The van der Waals surface area contributed by atoms with E-state index in [1.807, 2.05) is 18.2 Å². The van der Waals surface area contributed by atoms with Gasteiger partial charge in [-0.25, -0.2) is 4.98 Å². The highest BCUT2D eigenvalue weighted by atomic mass is 16.5. The van der Waals surface area contributed by atoms with Gasteiger partial charge in [0.25, 0.3) is 5.56 Å². The van der Waals surface area contributed by atoms with Crippen LogP contribution in [0.4, 0.5) is 0 Å². The molecule has 0 bridgehead atoms. The third-order valence-electron chi connectivity index (χ3n) is 5.65. The van der Waals surface area contributed by atoms with E-state index >= 15 is 0 Å². The van der Waals surface area contributed by atoms with Crippen LogP contribution in [-0.2, 0) is 13.0 Å².